The van der Waals surface area contributed by atoms with E-state index in [2.05, 4.69) is 5.32 Å². The average Bonchev–Trinajstić information content (AvgIpc) is 2.91. The Balaban J connectivity index is 2.06. The van der Waals surface area contributed by atoms with Crippen LogP contribution in [-0.2, 0) is 6.54 Å². The predicted octanol–water partition coefficient (Wildman–Crippen LogP) is 3.36. The number of nitrogens with zero attached hydrogens (tertiary/aromatic N) is 1. The second-order valence-corrected chi connectivity index (χ2v) is 4.81. The molecular weight excluding hydrogens is 272 g/mol. The smallest absolute Gasteiger partial charge is 0.311 e. The van der Waals surface area contributed by atoms with Crippen molar-refractivity contribution >= 4 is 5.69 Å². The van der Waals surface area contributed by atoms with E-state index < -0.39 is 4.92 Å². The number of hydrogen-bond acceptors (Lipinski definition) is 5. The molecule has 0 aliphatic heterocycles. The second-order valence-electron chi connectivity index (χ2n) is 4.81. The first-order valence-corrected chi connectivity index (χ1v) is 6.62. The highest BCUT2D eigenvalue weighted by molar-refractivity contribution is 5.48. The first-order chi connectivity index (χ1) is 10.0. The molecule has 0 fully saturated rings. The Labute approximate surface area is 122 Å². The Hall–Kier alpha value is -2.34. The Morgan fingerprint density at radius 1 is 1.38 bits per heavy atom. The molecule has 1 N–H and O–H groups in total. The highest BCUT2D eigenvalue weighted by atomic mass is 16.6. The summed E-state index contributed by atoms with van der Waals surface area (Å²) in [7, 11) is 1.42. The van der Waals surface area contributed by atoms with E-state index in [1.165, 1.54) is 13.2 Å². The molecule has 1 heterocycles. The van der Waals surface area contributed by atoms with Crippen LogP contribution in [0.4, 0.5) is 5.69 Å². The summed E-state index contributed by atoms with van der Waals surface area (Å²) >= 11 is 0. The fourth-order valence-electron chi connectivity index (χ4n) is 2.05. The standard InChI is InChI=1S/C15H18N2O4/c1-10-4-6-14(21-10)11(2)16-9-12-5-7-15(20-3)13(8-12)17(18)19/h4-8,11,16H,9H2,1-3H3. The molecule has 6 nitrogen and oxygen atoms in total. The molecule has 0 saturated heterocycles. The van der Waals surface area contributed by atoms with E-state index in [0.29, 0.717) is 6.54 Å². The topological polar surface area (TPSA) is 77.5 Å². The Bertz CT molecular complexity index is 636. The van der Waals surface area contributed by atoms with E-state index in [-0.39, 0.29) is 17.5 Å². The molecule has 2 aromatic rings. The molecule has 6 heteroatoms. The lowest BCUT2D eigenvalue weighted by Crippen LogP contribution is -2.17. The van der Waals surface area contributed by atoms with Gasteiger partial charge >= 0.3 is 5.69 Å². The van der Waals surface area contributed by atoms with Gasteiger partial charge in [-0.05, 0) is 37.6 Å². The van der Waals surface area contributed by atoms with Crippen LogP contribution in [0.3, 0.4) is 0 Å². The molecular formula is C15H18N2O4. The highest BCUT2D eigenvalue weighted by Crippen LogP contribution is 2.27. The number of hydrogen-bond donors (Lipinski definition) is 1. The van der Waals surface area contributed by atoms with Crippen molar-refractivity contribution in [2.45, 2.75) is 26.4 Å². The Morgan fingerprint density at radius 2 is 2.14 bits per heavy atom. The number of furan rings is 1. The van der Waals surface area contributed by atoms with Crippen LogP contribution >= 0.6 is 0 Å². The van der Waals surface area contributed by atoms with E-state index in [1.54, 1.807) is 12.1 Å². The molecule has 1 aromatic carbocycles. The SMILES string of the molecule is COc1ccc(CNC(C)c2ccc(C)o2)cc1[N+](=O)[O-]. The van der Waals surface area contributed by atoms with Crippen molar-refractivity contribution in [2.75, 3.05) is 7.11 Å². The minimum Gasteiger partial charge on any atom is -0.490 e. The number of nitro groups is 1. The zero-order valence-electron chi connectivity index (χ0n) is 12.3. The third-order valence-corrected chi connectivity index (χ3v) is 3.24. The lowest BCUT2D eigenvalue weighted by Gasteiger charge is -2.12. The molecule has 0 aliphatic carbocycles. The number of methoxy groups -OCH3 is 1. The van der Waals surface area contributed by atoms with Gasteiger partial charge in [-0.2, -0.15) is 0 Å². The van der Waals surface area contributed by atoms with Gasteiger partial charge in [0.25, 0.3) is 0 Å². The monoisotopic (exact) mass is 290 g/mol. The number of aryl methyl sites for hydroxylation is 1. The van der Waals surface area contributed by atoms with E-state index in [9.17, 15) is 10.1 Å². The first kappa shape index (κ1) is 15.1. The molecule has 1 aromatic heterocycles. The second kappa shape index (κ2) is 6.41. The van der Waals surface area contributed by atoms with Gasteiger partial charge in [-0.3, -0.25) is 10.1 Å². The minimum atomic E-state index is -0.443. The zero-order chi connectivity index (χ0) is 15.4. The number of benzene rings is 1. The van der Waals surface area contributed by atoms with E-state index in [0.717, 1.165) is 17.1 Å². The summed E-state index contributed by atoms with van der Waals surface area (Å²) < 4.78 is 10.5. The zero-order valence-corrected chi connectivity index (χ0v) is 12.3. The first-order valence-electron chi connectivity index (χ1n) is 6.62. The quantitative estimate of drug-likeness (QED) is 0.652. The Morgan fingerprint density at radius 3 is 2.71 bits per heavy atom. The van der Waals surface area contributed by atoms with Gasteiger partial charge in [0.1, 0.15) is 11.5 Å². The molecule has 1 atom stereocenters. The molecule has 21 heavy (non-hydrogen) atoms. The van der Waals surface area contributed by atoms with Gasteiger partial charge in [-0.15, -0.1) is 0 Å². The maximum Gasteiger partial charge on any atom is 0.311 e. The molecule has 0 radical (unpaired) electrons. The molecule has 0 bridgehead atoms. The van der Waals surface area contributed by atoms with E-state index in [4.69, 9.17) is 9.15 Å². The maximum atomic E-state index is 11.0. The summed E-state index contributed by atoms with van der Waals surface area (Å²) in [5, 5.41) is 14.3. The normalized spacial score (nSPS) is 12.1. The third kappa shape index (κ3) is 3.61. The van der Waals surface area contributed by atoms with Crippen molar-refractivity contribution in [3.8, 4) is 5.75 Å². The number of nitrogens with one attached hydrogen (secondary N) is 1. The van der Waals surface area contributed by atoms with Crippen molar-refractivity contribution in [1.29, 1.82) is 0 Å². The maximum absolute atomic E-state index is 11.0. The summed E-state index contributed by atoms with van der Waals surface area (Å²) in [6.45, 7) is 4.38. The van der Waals surface area contributed by atoms with Crippen LogP contribution in [0.15, 0.2) is 34.7 Å². The van der Waals surface area contributed by atoms with Crippen molar-refractivity contribution in [3.63, 3.8) is 0 Å². The van der Waals surface area contributed by atoms with Crippen molar-refractivity contribution in [2.24, 2.45) is 0 Å². The summed E-state index contributed by atoms with van der Waals surface area (Å²) in [5.41, 5.74) is 0.788. The Kier molecular flexibility index (Phi) is 4.59. The molecule has 0 aliphatic rings. The summed E-state index contributed by atoms with van der Waals surface area (Å²) in [6, 6.07) is 8.79. The molecule has 112 valence electrons. The summed E-state index contributed by atoms with van der Waals surface area (Å²) in [4.78, 5) is 10.5. The van der Waals surface area contributed by atoms with Crippen molar-refractivity contribution < 1.29 is 14.1 Å². The predicted molar refractivity (Wildman–Crippen MR) is 78.3 cm³/mol. The van der Waals surface area contributed by atoms with Gasteiger partial charge in [0.15, 0.2) is 5.75 Å². The lowest BCUT2D eigenvalue weighted by molar-refractivity contribution is -0.385. The largest absolute Gasteiger partial charge is 0.490 e. The average molecular weight is 290 g/mol. The van der Waals surface area contributed by atoms with Crippen LogP contribution in [0.1, 0.15) is 30.0 Å². The highest BCUT2D eigenvalue weighted by Gasteiger charge is 2.16. The number of rotatable bonds is 6. The van der Waals surface area contributed by atoms with Gasteiger partial charge in [-0.1, -0.05) is 6.07 Å². The molecule has 0 saturated carbocycles. The number of ether oxygens (including phenoxy) is 1. The van der Waals surface area contributed by atoms with Crippen LogP contribution < -0.4 is 10.1 Å². The van der Waals surface area contributed by atoms with Crippen LogP contribution in [0, 0.1) is 17.0 Å². The minimum absolute atomic E-state index is 0.0276. The van der Waals surface area contributed by atoms with Gasteiger partial charge < -0.3 is 14.5 Å². The summed E-state index contributed by atoms with van der Waals surface area (Å²) in [6.07, 6.45) is 0. The van der Waals surface area contributed by atoms with E-state index >= 15 is 0 Å². The fraction of sp³-hybridized carbons (Fsp3) is 0.333. The molecule has 1 unspecified atom stereocenters. The van der Waals surface area contributed by atoms with E-state index in [1.807, 2.05) is 26.0 Å². The van der Waals surface area contributed by atoms with Gasteiger partial charge in [0.2, 0.25) is 0 Å². The van der Waals surface area contributed by atoms with Gasteiger partial charge in [0.05, 0.1) is 18.1 Å². The van der Waals surface area contributed by atoms with Crippen molar-refractivity contribution in [3.05, 3.63) is 57.5 Å². The molecule has 0 amide bonds. The van der Waals surface area contributed by atoms with Crippen molar-refractivity contribution in [1.82, 2.24) is 5.32 Å². The van der Waals surface area contributed by atoms with Crippen LogP contribution in [-0.4, -0.2) is 12.0 Å². The van der Waals surface area contributed by atoms with Gasteiger partial charge in [0, 0.05) is 12.6 Å². The van der Waals surface area contributed by atoms with Crippen LogP contribution in [0.2, 0.25) is 0 Å². The fourth-order valence-corrected chi connectivity index (χ4v) is 2.05. The number of nitro benzene ring substituents is 1. The lowest BCUT2D eigenvalue weighted by atomic mass is 10.1. The molecule has 2 rings (SSSR count). The third-order valence-electron chi connectivity index (χ3n) is 3.24. The summed E-state index contributed by atoms with van der Waals surface area (Å²) in [5.74, 6) is 1.97. The molecule has 0 spiro atoms. The van der Waals surface area contributed by atoms with Crippen LogP contribution in [0.25, 0.3) is 0 Å². The van der Waals surface area contributed by atoms with Crippen LogP contribution in [0.5, 0.6) is 5.75 Å². The van der Waals surface area contributed by atoms with Gasteiger partial charge in [-0.25, -0.2) is 0 Å².